The molecule has 2 amide bonds. The van der Waals surface area contributed by atoms with Crippen molar-refractivity contribution in [2.75, 3.05) is 39.8 Å². The van der Waals surface area contributed by atoms with E-state index in [0.717, 1.165) is 4.90 Å². The maximum atomic E-state index is 13.3. The summed E-state index contributed by atoms with van der Waals surface area (Å²) in [5.41, 5.74) is -2.38. The Bertz CT molecular complexity index is 405. The highest BCUT2D eigenvalue weighted by molar-refractivity contribution is 5.89. The fraction of sp³-hybridized carbons (Fsp3) is 0.833. The quantitative estimate of drug-likeness (QED) is 0.752. The monoisotopic (exact) mass is 293 g/mol. The first kappa shape index (κ1) is 15.1. The summed E-state index contributed by atoms with van der Waals surface area (Å²) in [6.07, 6.45) is -4.37. The summed E-state index contributed by atoms with van der Waals surface area (Å²) in [4.78, 5) is 26.6. The first-order chi connectivity index (χ1) is 9.28. The van der Waals surface area contributed by atoms with Gasteiger partial charge in [0.1, 0.15) is 0 Å². The van der Waals surface area contributed by atoms with Crippen LogP contribution in [-0.4, -0.2) is 67.6 Å². The predicted molar refractivity (Wildman–Crippen MR) is 64.8 cm³/mol. The van der Waals surface area contributed by atoms with Crippen molar-refractivity contribution in [3.05, 3.63) is 0 Å². The fourth-order valence-electron chi connectivity index (χ4n) is 2.70. The Hall–Kier alpha value is -1.31. The summed E-state index contributed by atoms with van der Waals surface area (Å²) in [6, 6.07) is 0. The number of carbonyl (C=O) groups excluding carboxylic acids is 2. The van der Waals surface area contributed by atoms with Crippen LogP contribution in [0.1, 0.15) is 12.8 Å². The zero-order valence-corrected chi connectivity index (χ0v) is 11.3. The molecule has 0 bridgehead atoms. The zero-order valence-electron chi connectivity index (χ0n) is 11.3. The van der Waals surface area contributed by atoms with E-state index in [2.05, 4.69) is 5.32 Å². The molecule has 20 heavy (non-hydrogen) atoms. The van der Waals surface area contributed by atoms with Crippen molar-refractivity contribution >= 4 is 11.8 Å². The van der Waals surface area contributed by atoms with E-state index in [1.165, 1.54) is 4.90 Å². The standard InChI is InChI=1S/C12H18F3N3O2/c1-17-5-2-6-18(7-9(17)19)10(20)11(12(13,14)15)3-4-16-8-11/h16H,2-8H2,1H3. The van der Waals surface area contributed by atoms with Crippen molar-refractivity contribution in [3.63, 3.8) is 0 Å². The smallest absolute Gasteiger partial charge is 0.344 e. The molecule has 114 valence electrons. The molecular weight excluding hydrogens is 275 g/mol. The van der Waals surface area contributed by atoms with E-state index in [1.54, 1.807) is 7.05 Å². The number of hydrogen-bond acceptors (Lipinski definition) is 3. The van der Waals surface area contributed by atoms with Crippen molar-refractivity contribution in [1.82, 2.24) is 15.1 Å². The molecule has 0 aliphatic carbocycles. The van der Waals surface area contributed by atoms with Crippen LogP contribution in [0.2, 0.25) is 0 Å². The molecule has 2 aliphatic heterocycles. The Balaban J connectivity index is 2.22. The Kier molecular flexibility index (Phi) is 3.95. The average molecular weight is 293 g/mol. The molecule has 8 heteroatoms. The molecule has 0 saturated carbocycles. The topological polar surface area (TPSA) is 52.6 Å². The number of carbonyl (C=O) groups is 2. The van der Waals surface area contributed by atoms with Gasteiger partial charge >= 0.3 is 6.18 Å². The van der Waals surface area contributed by atoms with Crippen LogP contribution in [0.4, 0.5) is 13.2 Å². The van der Waals surface area contributed by atoms with Crippen LogP contribution < -0.4 is 5.32 Å². The molecule has 0 aromatic heterocycles. The van der Waals surface area contributed by atoms with Crippen LogP contribution in [0, 0.1) is 5.41 Å². The predicted octanol–water partition coefficient (Wildman–Crippen LogP) is 0.219. The molecule has 1 N–H and O–H groups in total. The highest BCUT2D eigenvalue weighted by Crippen LogP contribution is 2.44. The van der Waals surface area contributed by atoms with Gasteiger partial charge in [-0.3, -0.25) is 9.59 Å². The van der Waals surface area contributed by atoms with Gasteiger partial charge in [-0.05, 0) is 19.4 Å². The molecule has 0 aromatic carbocycles. The van der Waals surface area contributed by atoms with Gasteiger partial charge in [-0.25, -0.2) is 0 Å². The SMILES string of the molecule is CN1CCCN(C(=O)C2(C(F)(F)F)CCNC2)CC1=O. The lowest BCUT2D eigenvalue weighted by Crippen LogP contribution is -2.54. The van der Waals surface area contributed by atoms with Crippen molar-refractivity contribution in [2.45, 2.75) is 19.0 Å². The van der Waals surface area contributed by atoms with Crippen LogP contribution in [0.25, 0.3) is 0 Å². The van der Waals surface area contributed by atoms with E-state index >= 15 is 0 Å². The lowest BCUT2D eigenvalue weighted by atomic mass is 9.84. The summed E-state index contributed by atoms with van der Waals surface area (Å²) in [5.74, 6) is -1.29. The fourth-order valence-corrected chi connectivity index (χ4v) is 2.70. The molecule has 1 atom stereocenters. The summed E-state index contributed by atoms with van der Waals surface area (Å²) >= 11 is 0. The van der Waals surface area contributed by atoms with E-state index in [9.17, 15) is 22.8 Å². The number of nitrogens with one attached hydrogen (secondary N) is 1. The summed E-state index contributed by atoms with van der Waals surface area (Å²) in [5, 5.41) is 2.61. The van der Waals surface area contributed by atoms with Gasteiger partial charge in [-0.2, -0.15) is 13.2 Å². The average Bonchev–Trinajstić information content (AvgIpc) is 2.80. The summed E-state index contributed by atoms with van der Waals surface area (Å²) in [7, 11) is 1.59. The number of amides is 2. The Morgan fingerprint density at radius 1 is 1.35 bits per heavy atom. The van der Waals surface area contributed by atoms with E-state index in [1.807, 2.05) is 0 Å². The van der Waals surface area contributed by atoms with Gasteiger partial charge in [0.2, 0.25) is 11.8 Å². The van der Waals surface area contributed by atoms with Gasteiger partial charge < -0.3 is 15.1 Å². The maximum absolute atomic E-state index is 13.3. The Morgan fingerprint density at radius 2 is 2.05 bits per heavy atom. The van der Waals surface area contributed by atoms with Crippen LogP contribution in [0.15, 0.2) is 0 Å². The number of nitrogens with zero attached hydrogens (tertiary/aromatic N) is 2. The number of likely N-dealkylation sites (N-methyl/N-ethyl adjacent to an activating group) is 1. The van der Waals surface area contributed by atoms with E-state index in [-0.39, 0.29) is 32.0 Å². The van der Waals surface area contributed by atoms with Crippen LogP contribution in [0.3, 0.4) is 0 Å². The van der Waals surface area contributed by atoms with Crippen molar-refractivity contribution in [3.8, 4) is 0 Å². The second kappa shape index (κ2) is 5.23. The van der Waals surface area contributed by atoms with Gasteiger partial charge in [0.05, 0.1) is 6.54 Å². The third kappa shape index (κ3) is 2.48. The third-order valence-corrected chi connectivity index (χ3v) is 4.07. The van der Waals surface area contributed by atoms with Gasteiger partial charge in [-0.1, -0.05) is 0 Å². The van der Waals surface area contributed by atoms with Gasteiger partial charge in [-0.15, -0.1) is 0 Å². The number of alkyl halides is 3. The molecule has 0 spiro atoms. The number of halogens is 3. The third-order valence-electron chi connectivity index (χ3n) is 4.07. The molecule has 5 nitrogen and oxygen atoms in total. The molecule has 1 unspecified atom stereocenters. The van der Waals surface area contributed by atoms with E-state index in [4.69, 9.17) is 0 Å². The maximum Gasteiger partial charge on any atom is 0.404 e. The van der Waals surface area contributed by atoms with Gasteiger partial charge in [0.15, 0.2) is 5.41 Å². The molecule has 2 saturated heterocycles. The lowest BCUT2D eigenvalue weighted by Gasteiger charge is -2.34. The van der Waals surface area contributed by atoms with Crippen LogP contribution in [0.5, 0.6) is 0 Å². The Morgan fingerprint density at radius 3 is 2.60 bits per heavy atom. The number of rotatable bonds is 1. The molecular formula is C12H18F3N3O2. The summed E-state index contributed by atoms with van der Waals surface area (Å²) < 4.78 is 39.9. The van der Waals surface area contributed by atoms with Gasteiger partial charge in [0, 0.05) is 26.7 Å². The normalized spacial score (nSPS) is 28.7. The molecule has 2 rings (SSSR count). The molecule has 0 radical (unpaired) electrons. The first-order valence-corrected chi connectivity index (χ1v) is 6.59. The van der Waals surface area contributed by atoms with Gasteiger partial charge in [0.25, 0.3) is 0 Å². The summed E-state index contributed by atoms with van der Waals surface area (Å²) in [6.45, 7) is 0.128. The first-order valence-electron chi connectivity index (χ1n) is 6.59. The van der Waals surface area contributed by atoms with Crippen LogP contribution in [-0.2, 0) is 9.59 Å². The largest absolute Gasteiger partial charge is 0.404 e. The molecule has 0 aromatic rings. The highest BCUT2D eigenvalue weighted by Gasteiger charge is 2.62. The zero-order chi connectivity index (χ0) is 15.0. The van der Waals surface area contributed by atoms with Crippen molar-refractivity contribution < 1.29 is 22.8 Å². The van der Waals surface area contributed by atoms with Crippen molar-refractivity contribution in [2.24, 2.45) is 5.41 Å². The van der Waals surface area contributed by atoms with E-state index in [0.29, 0.717) is 13.0 Å². The van der Waals surface area contributed by atoms with E-state index < -0.39 is 24.0 Å². The molecule has 2 fully saturated rings. The lowest BCUT2D eigenvalue weighted by molar-refractivity contribution is -0.221. The van der Waals surface area contributed by atoms with Crippen molar-refractivity contribution in [1.29, 1.82) is 0 Å². The molecule has 2 aliphatic rings. The second-order valence-corrected chi connectivity index (χ2v) is 5.40. The minimum atomic E-state index is -4.60. The minimum absolute atomic E-state index is 0.160. The van der Waals surface area contributed by atoms with Crippen LogP contribution >= 0.6 is 0 Å². The molecule has 2 heterocycles. The highest BCUT2D eigenvalue weighted by atomic mass is 19.4. The Labute approximate surface area is 115 Å². The minimum Gasteiger partial charge on any atom is -0.344 e. The number of hydrogen-bond donors (Lipinski definition) is 1. The second-order valence-electron chi connectivity index (χ2n) is 5.40.